The number of methoxy groups -OCH3 is 1. The zero-order valence-corrected chi connectivity index (χ0v) is 17.1. The highest BCUT2D eigenvalue weighted by molar-refractivity contribution is 7.91. The third kappa shape index (κ3) is 3.63. The Labute approximate surface area is 168 Å². The van der Waals surface area contributed by atoms with Gasteiger partial charge in [-0.3, -0.25) is 9.48 Å². The third-order valence-electron chi connectivity index (χ3n) is 5.39. The molecule has 0 radical (unpaired) electrons. The number of halogens is 1. The summed E-state index contributed by atoms with van der Waals surface area (Å²) in [6.07, 6.45) is 4.16. The monoisotopic (exact) mass is 423 g/mol. The standard InChI is InChI=1S/C19H22ClN3O4S/c1-27-17-7-6-12(10-15(17)20)21-19(24)18-14-4-2-3-5-16(14)23(22-18)13-8-9-28(25,26)11-13/h6-7,10,13H,2-5,8-9,11H2,1H3,(H,21,24)/t13-/m1/s1. The zero-order chi connectivity index (χ0) is 19.9. The molecule has 4 rings (SSSR count). The Hall–Kier alpha value is -2.06. The summed E-state index contributed by atoms with van der Waals surface area (Å²) in [7, 11) is -1.50. The van der Waals surface area contributed by atoms with Crippen LogP contribution in [-0.4, -0.2) is 42.7 Å². The number of amides is 1. The topological polar surface area (TPSA) is 90.3 Å². The van der Waals surface area contributed by atoms with E-state index in [1.807, 2.05) is 0 Å². The number of rotatable bonds is 4. The second kappa shape index (κ2) is 7.40. The van der Waals surface area contributed by atoms with Gasteiger partial charge in [0.05, 0.1) is 29.7 Å². The predicted octanol–water partition coefficient (Wildman–Crippen LogP) is 3.04. The molecule has 1 atom stereocenters. The molecule has 1 aromatic carbocycles. The maximum atomic E-state index is 12.9. The van der Waals surface area contributed by atoms with Crippen LogP contribution in [0.2, 0.25) is 5.02 Å². The number of carbonyl (C=O) groups is 1. The number of nitrogens with zero attached hydrogens (tertiary/aromatic N) is 2. The van der Waals surface area contributed by atoms with Crippen LogP contribution in [0.5, 0.6) is 5.75 Å². The Balaban J connectivity index is 1.64. The molecule has 2 aromatic rings. The van der Waals surface area contributed by atoms with Gasteiger partial charge in [-0.2, -0.15) is 5.10 Å². The molecular formula is C19H22ClN3O4S. The highest BCUT2D eigenvalue weighted by atomic mass is 35.5. The van der Waals surface area contributed by atoms with Gasteiger partial charge in [-0.05, 0) is 50.3 Å². The molecule has 2 heterocycles. The number of hydrogen-bond acceptors (Lipinski definition) is 5. The van der Waals surface area contributed by atoms with Gasteiger partial charge in [-0.15, -0.1) is 0 Å². The summed E-state index contributed by atoms with van der Waals surface area (Å²) in [4.78, 5) is 12.9. The molecule has 1 N–H and O–H groups in total. The van der Waals surface area contributed by atoms with E-state index in [1.54, 1.807) is 22.9 Å². The molecule has 0 saturated carbocycles. The Bertz CT molecular complexity index is 1030. The van der Waals surface area contributed by atoms with Crippen LogP contribution < -0.4 is 10.1 Å². The Morgan fingerprint density at radius 3 is 2.79 bits per heavy atom. The number of ether oxygens (including phenoxy) is 1. The van der Waals surface area contributed by atoms with E-state index < -0.39 is 9.84 Å². The minimum atomic E-state index is -3.03. The minimum Gasteiger partial charge on any atom is -0.495 e. The number of aromatic nitrogens is 2. The molecule has 1 aliphatic carbocycles. The van der Waals surface area contributed by atoms with Crippen LogP contribution >= 0.6 is 11.6 Å². The summed E-state index contributed by atoms with van der Waals surface area (Å²) in [6.45, 7) is 0. The lowest BCUT2D eigenvalue weighted by molar-refractivity contribution is 0.102. The summed E-state index contributed by atoms with van der Waals surface area (Å²) in [5.74, 6) is 0.497. The maximum Gasteiger partial charge on any atom is 0.276 e. The molecule has 0 unspecified atom stereocenters. The smallest absolute Gasteiger partial charge is 0.276 e. The van der Waals surface area contributed by atoms with Crippen molar-refractivity contribution >= 4 is 33.0 Å². The number of benzene rings is 1. The second-order valence-electron chi connectivity index (χ2n) is 7.29. The highest BCUT2D eigenvalue weighted by Gasteiger charge is 2.34. The lowest BCUT2D eigenvalue weighted by Crippen LogP contribution is -2.17. The molecule has 28 heavy (non-hydrogen) atoms. The van der Waals surface area contributed by atoms with Gasteiger partial charge in [0, 0.05) is 16.9 Å². The van der Waals surface area contributed by atoms with E-state index in [4.69, 9.17) is 16.3 Å². The Morgan fingerprint density at radius 2 is 2.11 bits per heavy atom. The normalized spacial score (nSPS) is 20.6. The maximum absolute atomic E-state index is 12.9. The van der Waals surface area contributed by atoms with Gasteiger partial charge in [-0.1, -0.05) is 11.6 Å². The van der Waals surface area contributed by atoms with E-state index in [-0.39, 0.29) is 23.5 Å². The van der Waals surface area contributed by atoms with Gasteiger partial charge >= 0.3 is 0 Å². The van der Waals surface area contributed by atoms with E-state index >= 15 is 0 Å². The van der Waals surface area contributed by atoms with Crippen LogP contribution in [0.1, 0.15) is 47.1 Å². The summed E-state index contributed by atoms with van der Waals surface area (Å²) in [5, 5.41) is 7.83. The van der Waals surface area contributed by atoms with Crippen molar-refractivity contribution in [2.75, 3.05) is 23.9 Å². The van der Waals surface area contributed by atoms with Crippen molar-refractivity contribution in [1.82, 2.24) is 9.78 Å². The van der Waals surface area contributed by atoms with E-state index in [0.717, 1.165) is 36.9 Å². The summed E-state index contributed by atoms with van der Waals surface area (Å²) in [6, 6.07) is 4.85. The third-order valence-corrected chi connectivity index (χ3v) is 7.43. The van der Waals surface area contributed by atoms with Crippen LogP contribution in [0, 0.1) is 0 Å². The zero-order valence-electron chi connectivity index (χ0n) is 15.6. The fourth-order valence-corrected chi connectivity index (χ4v) is 5.96. The molecule has 1 saturated heterocycles. The van der Waals surface area contributed by atoms with Gasteiger partial charge in [0.1, 0.15) is 5.75 Å². The fraction of sp³-hybridized carbons (Fsp3) is 0.474. The average molecular weight is 424 g/mol. The quantitative estimate of drug-likeness (QED) is 0.816. The first kappa shape index (κ1) is 19.3. The van der Waals surface area contributed by atoms with Gasteiger partial charge < -0.3 is 10.1 Å². The fourth-order valence-electron chi connectivity index (χ4n) is 4.01. The molecule has 1 fully saturated rings. The van der Waals surface area contributed by atoms with Crippen molar-refractivity contribution in [2.24, 2.45) is 0 Å². The molecule has 2 aliphatic rings. The molecule has 0 bridgehead atoms. The van der Waals surface area contributed by atoms with Gasteiger partial charge in [0.15, 0.2) is 15.5 Å². The lowest BCUT2D eigenvalue weighted by atomic mass is 9.95. The van der Waals surface area contributed by atoms with Crippen molar-refractivity contribution in [1.29, 1.82) is 0 Å². The van der Waals surface area contributed by atoms with Gasteiger partial charge in [-0.25, -0.2) is 8.42 Å². The van der Waals surface area contributed by atoms with Crippen molar-refractivity contribution in [3.63, 3.8) is 0 Å². The summed E-state index contributed by atoms with van der Waals surface area (Å²) < 4.78 is 30.7. The van der Waals surface area contributed by atoms with Gasteiger partial charge in [0.2, 0.25) is 0 Å². The van der Waals surface area contributed by atoms with Crippen molar-refractivity contribution in [2.45, 2.75) is 38.1 Å². The van der Waals surface area contributed by atoms with E-state index in [0.29, 0.717) is 28.6 Å². The largest absolute Gasteiger partial charge is 0.495 e. The molecule has 9 heteroatoms. The molecule has 1 amide bonds. The summed E-state index contributed by atoms with van der Waals surface area (Å²) >= 11 is 6.14. The first-order valence-corrected chi connectivity index (χ1v) is 11.5. The minimum absolute atomic E-state index is 0.0935. The molecule has 1 aliphatic heterocycles. The average Bonchev–Trinajstić information content (AvgIpc) is 3.22. The Kier molecular flexibility index (Phi) is 5.09. The van der Waals surface area contributed by atoms with Crippen molar-refractivity contribution in [3.05, 3.63) is 40.2 Å². The van der Waals surface area contributed by atoms with Crippen molar-refractivity contribution < 1.29 is 17.9 Å². The van der Waals surface area contributed by atoms with Crippen LogP contribution in [0.25, 0.3) is 0 Å². The lowest BCUT2D eigenvalue weighted by Gasteiger charge is -2.17. The first-order chi connectivity index (χ1) is 13.4. The van der Waals surface area contributed by atoms with Gasteiger partial charge in [0.25, 0.3) is 5.91 Å². The molecule has 0 spiro atoms. The highest BCUT2D eigenvalue weighted by Crippen LogP contribution is 2.32. The van der Waals surface area contributed by atoms with E-state index in [2.05, 4.69) is 10.4 Å². The number of fused-ring (bicyclic) bond motifs is 1. The number of nitrogens with one attached hydrogen (secondary N) is 1. The Morgan fingerprint density at radius 1 is 1.32 bits per heavy atom. The molecule has 7 nitrogen and oxygen atoms in total. The van der Waals surface area contributed by atoms with E-state index in [9.17, 15) is 13.2 Å². The summed E-state index contributed by atoms with van der Waals surface area (Å²) in [5.41, 5.74) is 2.88. The van der Waals surface area contributed by atoms with Crippen LogP contribution in [0.3, 0.4) is 0 Å². The SMILES string of the molecule is COc1ccc(NC(=O)c2nn([C@@H]3CCS(=O)(=O)C3)c3c2CCCC3)cc1Cl. The predicted molar refractivity (Wildman–Crippen MR) is 107 cm³/mol. The van der Waals surface area contributed by atoms with Crippen LogP contribution in [-0.2, 0) is 22.7 Å². The molecule has 1 aromatic heterocycles. The van der Waals surface area contributed by atoms with E-state index in [1.165, 1.54) is 7.11 Å². The van der Waals surface area contributed by atoms with Crippen LogP contribution in [0.15, 0.2) is 18.2 Å². The number of sulfone groups is 1. The molecule has 150 valence electrons. The van der Waals surface area contributed by atoms with Crippen LogP contribution in [0.4, 0.5) is 5.69 Å². The molecular weight excluding hydrogens is 402 g/mol. The number of hydrogen-bond donors (Lipinski definition) is 1. The second-order valence-corrected chi connectivity index (χ2v) is 9.92. The first-order valence-electron chi connectivity index (χ1n) is 9.33. The number of anilines is 1. The van der Waals surface area contributed by atoms with Crippen molar-refractivity contribution in [3.8, 4) is 5.75 Å². The number of carbonyl (C=O) groups excluding carboxylic acids is 1.